The lowest BCUT2D eigenvalue weighted by atomic mass is 10.1. The van der Waals surface area contributed by atoms with Gasteiger partial charge in [-0.2, -0.15) is 5.10 Å². The lowest BCUT2D eigenvalue weighted by Gasteiger charge is -2.26. The number of aromatic nitrogens is 2. The molecular weight excluding hydrogens is 268 g/mol. The molecule has 2 rings (SSSR count). The minimum atomic E-state index is -0.00643. The van der Waals surface area contributed by atoms with E-state index in [0.29, 0.717) is 23.2 Å². The molecule has 1 unspecified atom stereocenters. The van der Waals surface area contributed by atoms with Crippen molar-refractivity contribution in [2.45, 2.75) is 39.3 Å². The molecule has 0 bridgehead atoms. The predicted molar refractivity (Wildman–Crippen MR) is 81.7 cm³/mol. The van der Waals surface area contributed by atoms with E-state index < -0.39 is 0 Å². The Bertz CT molecular complexity index is 524. The molecule has 21 heavy (non-hydrogen) atoms. The number of aryl methyl sites for hydroxylation is 2. The van der Waals surface area contributed by atoms with Gasteiger partial charge in [0, 0.05) is 39.3 Å². The van der Waals surface area contributed by atoms with Gasteiger partial charge in [-0.1, -0.05) is 0 Å². The second kappa shape index (κ2) is 6.05. The number of likely N-dealkylation sites (N-methyl/N-ethyl adjacent to an activating group) is 1. The zero-order chi connectivity index (χ0) is 15.7. The predicted octanol–water partition coefficient (Wildman–Crippen LogP) is 1.29. The molecule has 0 aromatic carbocycles. The highest BCUT2D eigenvalue weighted by molar-refractivity contribution is 5.97. The lowest BCUT2D eigenvalue weighted by Crippen LogP contribution is -2.40. The van der Waals surface area contributed by atoms with E-state index in [1.54, 1.807) is 18.8 Å². The van der Waals surface area contributed by atoms with Crippen LogP contribution in [0.25, 0.3) is 0 Å². The summed E-state index contributed by atoms with van der Waals surface area (Å²) in [6.07, 6.45) is 1.02. The zero-order valence-electron chi connectivity index (χ0n) is 13.9. The van der Waals surface area contributed by atoms with E-state index >= 15 is 0 Å². The minimum Gasteiger partial charge on any atom is -0.481 e. The van der Waals surface area contributed by atoms with Crippen molar-refractivity contribution in [1.29, 1.82) is 0 Å². The number of amides is 1. The maximum atomic E-state index is 12.8. The normalized spacial score (nSPS) is 19.3. The quantitative estimate of drug-likeness (QED) is 0.840. The monoisotopic (exact) mass is 294 g/mol. The van der Waals surface area contributed by atoms with Crippen LogP contribution in [0.15, 0.2) is 0 Å². The maximum Gasteiger partial charge on any atom is 0.261 e. The molecule has 1 atom stereocenters. The first-order valence-corrected chi connectivity index (χ1v) is 7.45. The second-order valence-electron chi connectivity index (χ2n) is 6.04. The van der Waals surface area contributed by atoms with Crippen LogP contribution in [0.2, 0.25) is 0 Å². The van der Waals surface area contributed by atoms with Gasteiger partial charge in [-0.25, -0.2) is 4.68 Å². The highest BCUT2D eigenvalue weighted by atomic mass is 16.5. The van der Waals surface area contributed by atoms with Crippen molar-refractivity contribution in [2.24, 2.45) is 7.05 Å². The number of hydrogen-bond donors (Lipinski definition) is 0. The van der Waals surface area contributed by atoms with Crippen LogP contribution in [-0.2, 0) is 7.05 Å². The van der Waals surface area contributed by atoms with Gasteiger partial charge in [-0.3, -0.25) is 9.69 Å². The Hall–Kier alpha value is -1.56. The molecule has 6 nitrogen and oxygen atoms in total. The molecule has 118 valence electrons. The minimum absolute atomic E-state index is 0.00643. The summed E-state index contributed by atoms with van der Waals surface area (Å²) < 4.78 is 6.95. The van der Waals surface area contributed by atoms with Crippen molar-refractivity contribution in [3.63, 3.8) is 0 Å². The first-order valence-electron chi connectivity index (χ1n) is 7.45. The average Bonchev–Trinajstić information content (AvgIpc) is 3.01. The zero-order valence-corrected chi connectivity index (χ0v) is 13.9. The van der Waals surface area contributed by atoms with Crippen LogP contribution in [-0.4, -0.2) is 64.8 Å². The summed E-state index contributed by atoms with van der Waals surface area (Å²) in [6.45, 7) is 8.21. The van der Waals surface area contributed by atoms with E-state index in [1.165, 1.54) is 0 Å². The molecule has 6 heteroatoms. The van der Waals surface area contributed by atoms with Crippen LogP contribution in [0.4, 0.5) is 0 Å². The fourth-order valence-electron chi connectivity index (χ4n) is 3.01. The summed E-state index contributed by atoms with van der Waals surface area (Å²) in [7, 11) is 5.24. The van der Waals surface area contributed by atoms with E-state index in [9.17, 15) is 4.79 Å². The van der Waals surface area contributed by atoms with E-state index in [0.717, 1.165) is 19.5 Å². The first kappa shape index (κ1) is 15.8. The number of rotatable bonds is 4. The fraction of sp³-hybridized carbons (Fsp3) is 0.733. The van der Waals surface area contributed by atoms with E-state index in [4.69, 9.17) is 4.74 Å². The van der Waals surface area contributed by atoms with Gasteiger partial charge in [-0.15, -0.1) is 0 Å². The van der Waals surface area contributed by atoms with Gasteiger partial charge in [0.2, 0.25) is 5.88 Å². The summed E-state index contributed by atoms with van der Waals surface area (Å²) in [6, 6.07) is 0.775. The number of ether oxygens (including phenoxy) is 1. The van der Waals surface area contributed by atoms with Crippen molar-refractivity contribution in [1.82, 2.24) is 19.6 Å². The number of carbonyl (C=O) groups is 1. The van der Waals surface area contributed by atoms with Gasteiger partial charge in [0.1, 0.15) is 5.56 Å². The Balaban J connectivity index is 2.17. The Morgan fingerprint density at radius 3 is 2.67 bits per heavy atom. The van der Waals surface area contributed by atoms with Gasteiger partial charge in [-0.05, 0) is 27.2 Å². The van der Waals surface area contributed by atoms with Crippen LogP contribution in [0.1, 0.15) is 36.3 Å². The highest BCUT2D eigenvalue weighted by Crippen LogP contribution is 2.25. The Morgan fingerprint density at radius 1 is 1.48 bits per heavy atom. The Labute approximate surface area is 126 Å². The molecule has 1 aromatic heterocycles. The molecule has 0 radical (unpaired) electrons. The summed E-state index contributed by atoms with van der Waals surface area (Å²) >= 11 is 0. The molecule has 0 N–H and O–H groups in total. The van der Waals surface area contributed by atoms with Crippen LogP contribution >= 0.6 is 0 Å². The molecule has 1 aromatic rings. The largest absolute Gasteiger partial charge is 0.481 e. The Kier molecular flexibility index (Phi) is 4.56. The fourth-order valence-corrected chi connectivity index (χ4v) is 3.01. The summed E-state index contributed by atoms with van der Waals surface area (Å²) in [5, 5.41) is 4.29. The van der Waals surface area contributed by atoms with Crippen LogP contribution in [0.3, 0.4) is 0 Å². The second-order valence-corrected chi connectivity index (χ2v) is 6.04. The first-order chi connectivity index (χ1) is 9.86. The van der Waals surface area contributed by atoms with E-state index in [2.05, 4.69) is 23.8 Å². The topological polar surface area (TPSA) is 50.6 Å². The number of nitrogens with zero attached hydrogens (tertiary/aromatic N) is 4. The van der Waals surface area contributed by atoms with Crippen molar-refractivity contribution >= 4 is 5.91 Å². The van der Waals surface area contributed by atoms with Gasteiger partial charge >= 0.3 is 0 Å². The molecule has 1 saturated heterocycles. The molecule has 1 aliphatic heterocycles. The number of likely N-dealkylation sites (tertiary alicyclic amines) is 1. The molecule has 0 aliphatic carbocycles. The summed E-state index contributed by atoms with van der Waals surface area (Å²) in [4.78, 5) is 17.0. The average molecular weight is 294 g/mol. The summed E-state index contributed by atoms with van der Waals surface area (Å²) in [5.41, 5.74) is 1.29. The summed E-state index contributed by atoms with van der Waals surface area (Å²) in [5.74, 6) is 0.524. The van der Waals surface area contributed by atoms with E-state index in [-0.39, 0.29) is 11.9 Å². The maximum absolute atomic E-state index is 12.8. The third-order valence-corrected chi connectivity index (χ3v) is 4.37. The number of carbonyl (C=O) groups excluding carboxylic acids is 1. The molecule has 0 saturated carbocycles. The molecule has 0 spiro atoms. The van der Waals surface area contributed by atoms with Crippen molar-refractivity contribution in [3.05, 3.63) is 11.3 Å². The van der Waals surface area contributed by atoms with Gasteiger partial charge in [0.15, 0.2) is 0 Å². The van der Waals surface area contributed by atoms with Crippen molar-refractivity contribution in [3.8, 4) is 5.88 Å². The molecule has 1 aliphatic rings. The number of hydrogen-bond acceptors (Lipinski definition) is 4. The van der Waals surface area contributed by atoms with Gasteiger partial charge in [0.25, 0.3) is 5.91 Å². The standard InChI is InChI=1S/C15H26N4O2/c1-10(2)19-8-7-12(9-19)17(4)14(20)13-11(3)16-18(5)15(13)21-6/h10,12H,7-9H2,1-6H3. The Morgan fingerprint density at radius 2 is 2.14 bits per heavy atom. The smallest absolute Gasteiger partial charge is 0.261 e. The van der Waals surface area contributed by atoms with Crippen LogP contribution < -0.4 is 4.74 Å². The van der Waals surface area contributed by atoms with E-state index in [1.807, 2.05) is 18.9 Å². The molecular formula is C15H26N4O2. The van der Waals surface area contributed by atoms with Crippen LogP contribution in [0.5, 0.6) is 5.88 Å². The molecule has 1 fully saturated rings. The van der Waals surface area contributed by atoms with Gasteiger partial charge in [0.05, 0.1) is 12.8 Å². The van der Waals surface area contributed by atoms with Crippen LogP contribution in [0, 0.1) is 6.92 Å². The third-order valence-electron chi connectivity index (χ3n) is 4.37. The van der Waals surface area contributed by atoms with Crippen molar-refractivity contribution < 1.29 is 9.53 Å². The molecule has 2 heterocycles. The third kappa shape index (κ3) is 2.90. The SMILES string of the molecule is COc1c(C(=O)N(C)C2CCN(C(C)C)C2)c(C)nn1C. The number of methoxy groups -OCH3 is 1. The molecule has 1 amide bonds. The lowest BCUT2D eigenvalue weighted by molar-refractivity contribution is 0.0727. The van der Waals surface area contributed by atoms with Gasteiger partial charge < -0.3 is 9.64 Å². The highest BCUT2D eigenvalue weighted by Gasteiger charge is 2.32. The van der Waals surface area contributed by atoms with Crippen molar-refractivity contribution in [2.75, 3.05) is 27.2 Å².